The van der Waals surface area contributed by atoms with Gasteiger partial charge in [0.15, 0.2) is 0 Å². The quantitative estimate of drug-likeness (QED) is 0.201. The largest absolute Gasteiger partial charge is 0.457 e. The first-order valence-corrected chi connectivity index (χ1v) is 15.6. The van der Waals surface area contributed by atoms with Gasteiger partial charge in [0.2, 0.25) is 10.0 Å². The molecule has 0 bridgehead atoms. The Kier molecular flexibility index (Phi) is 9.04. The molecule has 4 aromatic rings. The molecule has 1 fully saturated rings. The minimum atomic E-state index is -3.32. The van der Waals surface area contributed by atoms with E-state index in [0.717, 1.165) is 44.4 Å². The van der Waals surface area contributed by atoms with Crippen LogP contribution in [0, 0.1) is 5.82 Å². The number of likely N-dealkylation sites (tertiary alicyclic amines) is 1. The highest BCUT2D eigenvalue weighted by molar-refractivity contribution is 7.92. The van der Waals surface area contributed by atoms with E-state index in [2.05, 4.69) is 32.4 Å². The van der Waals surface area contributed by atoms with Gasteiger partial charge in [-0.15, -0.1) is 0 Å². The van der Waals surface area contributed by atoms with Crippen LogP contribution in [0.15, 0.2) is 97.1 Å². The first-order chi connectivity index (χ1) is 20.2. The van der Waals surface area contributed by atoms with Crippen molar-refractivity contribution in [3.05, 3.63) is 114 Å². The van der Waals surface area contributed by atoms with E-state index in [9.17, 15) is 17.6 Å². The van der Waals surface area contributed by atoms with Crippen LogP contribution in [0.4, 0.5) is 21.5 Å². The molecule has 0 atom stereocenters. The highest BCUT2D eigenvalue weighted by Gasteiger charge is 2.19. The third-order valence-electron chi connectivity index (χ3n) is 6.93. The third-order valence-corrected chi connectivity index (χ3v) is 7.54. The summed E-state index contributed by atoms with van der Waals surface area (Å²) in [5.41, 5.74) is 3.75. The van der Waals surface area contributed by atoms with Gasteiger partial charge in [0.1, 0.15) is 17.3 Å². The van der Waals surface area contributed by atoms with Crippen molar-refractivity contribution in [2.45, 2.75) is 25.4 Å². The van der Waals surface area contributed by atoms with Crippen molar-refractivity contribution >= 4 is 33.0 Å². The molecule has 0 aliphatic carbocycles. The fourth-order valence-electron chi connectivity index (χ4n) is 4.79. The molecular formula is C32H33FN4O4S. The molecule has 0 spiro atoms. The number of nitrogens with one attached hydrogen (secondary N) is 3. The van der Waals surface area contributed by atoms with Gasteiger partial charge >= 0.3 is 0 Å². The number of rotatable bonds is 10. The van der Waals surface area contributed by atoms with E-state index in [0.29, 0.717) is 34.5 Å². The van der Waals surface area contributed by atoms with Gasteiger partial charge < -0.3 is 15.4 Å². The molecule has 218 valence electrons. The number of nitrogens with zero attached hydrogens (tertiary/aromatic N) is 1. The maximum Gasteiger partial charge on any atom is 0.255 e. The van der Waals surface area contributed by atoms with Crippen LogP contribution in [0.3, 0.4) is 0 Å². The highest BCUT2D eigenvalue weighted by Crippen LogP contribution is 2.25. The average molecular weight is 589 g/mol. The number of hydrogen-bond acceptors (Lipinski definition) is 6. The summed E-state index contributed by atoms with van der Waals surface area (Å²) < 4.78 is 44.1. The second-order valence-corrected chi connectivity index (χ2v) is 12.1. The molecule has 1 saturated heterocycles. The first-order valence-electron chi connectivity index (χ1n) is 13.7. The fraction of sp³-hybridized carbons (Fsp3) is 0.219. The lowest BCUT2D eigenvalue weighted by atomic mass is 10.0. The molecule has 10 heteroatoms. The van der Waals surface area contributed by atoms with E-state index in [1.807, 2.05) is 24.3 Å². The Balaban J connectivity index is 1.05. The maximum atomic E-state index is 13.1. The molecule has 1 amide bonds. The van der Waals surface area contributed by atoms with Crippen molar-refractivity contribution in [1.29, 1.82) is 0 Å². The van der Waals surface area contributed by atoms with Crippen LogP contribution in [-0.4, -0.2) is 44.6 Å². The molecule has 3 N–H and O–H groups in total. The Bertz CT molecular complexity index is 1590. The number of piperidine rings is 1. The number of anilines is 3. The molecule has 1 heterocycles. The van der Waals surface area contributed by atoms with Crippen LogP contribution in [0.25, 0.3) is 0 Å². The molecule has 1 aliphatic rings. The summed E-state index contributed by atoms with van der Waals surface area (Å²) in [7, 11) is -3.32. The number of benzene rings is 4. The Hall–Kier alpha value is -4.41. The van der Waals surface area contributed by atoms with Gasteiger partial charge in [-0.1, -0.05) is 12.1 Å². The predicted octanol–water partition coefficient (Wildman–Crippen LogP) is 6.32. The molecule has 42 heavy (non-hydrogen) atoms. The lowest BCUT2D eigenvalue weighted by Crippen LogP contribution is -2.38. The monoisotopic (exact) mass is 588 g/mol. The van der Waals surface area contributed by atoms with Gasteiger partial charge in [-0.3, -0.25) is 14.4 Å². The van der Waals surface area contributed by atoms with Crippen molar-refractivity contribution in [2.24, 2.45) is 0 Å². The number of halogens is 1. The Morgan fingerprint density at radius 3 is 1.95 bits per heavy atom. The smallest absolute Gasteiger partial charge is 0.255 e. The lowest BCUT2D eigenvalue weighted by molar-refractivity contribution is 0.102. The second-order valence-electron chi connectivity index (χ2n) is 10.4. The number of amides is 1. The molecular weight excluding hydrogens is 555 g/mol. The van der Waals surface area contributed by atoms with E-state index >= 15 is 0 Å². The number of ether oxygens (including phenoxy) is 1. The molecule has 1 aliphatic heterocycles. The van der Waals surface area contributed by atoms with Gasteiger partial charge in [0, 0.05) is 48.3 Å². The molecule has 8 nitrogen and oxygen atoms in total. The first kappa shape index (κ1) is 29.1. The predicted molar refractivity (Wildman–Crippen MR) is 164 cm³/mol. The zero-order valence-corrected chi connectivity index (χ0v) is 24.0. The van der Waals surface area contributed by atoms with E-state index in [1.165, 1.54) is 29.8 Å². The average Bonchev–Trinajstić information content (AvgIpc) is 2.97. The molecule has 4 aromatic carbocycles. The normalized spacial score (nSPS) is 14.2. The zero-order valence-electron chi connectivity index (χ0n) is 23.2. The lowest BCUT2D eigenvalue weighted by Gasteiger charge is -2.33. The molecule has 0 saturated carbocycles. The topological polar surface area (TPSA) is 99.8 Å². The van der Waals surface area contributed by atoms with Crippen molar-refractivity contribution < 1.29 is 22.3 Å². The maximum absolute atomic E-state index is 13.1. The van der Waals surface area contributed by atoms with Gasteiger partial charge in [-0.2, -0.15) is 0 Å². The Labute approximate surface area is 245 Å². The number of carbonyl (C=O) groups is 1. The summed E-state index contributed by atoms with van der Waals surface area (Å²) in [5.74, 6) is 0.755. The van der Waals surface area contributed by atoms with Crippen LogP contribution in [0.2, 0.25) is 0 Å². The fourth-order valence-corrected chi connectivity index (χ4v) is 5.35. The van der Waals surface area contributed by atoms with Gasteiger partial charge in [-0.25, -0.2) is 12.8 Å². The van der Waals surface area contributed by atoms with Crippen molar-refractivity contribution in [2.75, 3.05) is 34.7 Å². The minimum Gasteiger partial charge on any atom is -0.457 e. The van der Waals surface area contributed by atoms with Crippen molar-refractivity contribution in [3.8, 4) is 11.5 Å². The van der Waals surface area contributed by atoms with Crippen LogP contribution >= 0.6 is 0 Å². The van der Waals surface area contributed by atoms with Crippen LogP contribution in [-0.2, 0) is 16.6 Å². The van der Waals surface area contributed by atoms with Crippen LogP contribution in [0.5, 0.6) is 11.5 Å². The third kappa shape index (κ3) is 8.55. The summed E-state index contributed by atoms with van der Waals surface area (Å²) >= 11 is 0. The van der Waals surface area contributed by atoms with Gasteiger partial charge in [0.25, 0.3) is 5.91 Å². The minimum absolute atomic E-state index is 0.237. The Morgan fingerprint density at radius 2 is 1.36 bits per heavy atom. The summed E-state index contributed by atoms with van der Waals surface area (Å²) in [6, 6.07) is 28.2. The Morgan fingerprint density at radius 1 is 0.810 bits per heavy atom. The van der Waals surface area contributed by atoms with Gasteiger partial charge in [-0.05, 0) is 103 Å². The molecule has 0 radical (unpaired) electrons. The molecule has 0 unspecified atom stereocenters. The van der Waals surface area contributed by atoms with Crippen LogP contribution in [0.1, 0.15) is 28.8 Å². The highest BCUT2D eigenvalue weighted by atomic mass is 32.2. The molecule has 0 aromatic heterocycles. The van der Waals surface area contributed by atoms with Crippen molar-refractivity contribution in [3.63, 3.8) is 0 Å². The van der Waals surface area contributed by atoms with Crippen LogP contribution < -0.4 is 20.1 Å². The zero-order chi connectivity index (χ0) is 29.5. The second kappa shape index (κ2) is 13.1. The number of carbonyl (C=O) groups excluding carboxylic acids is 1. The van der Waals surface area contributed by atoms with Gasteiger partial charge in [0.05, 0.1) is 6.26 Å². The standard InChI is InChI=1S/C32H33FN4O4S/c1-42(39,40)36-29-12-16-31(17-13-29)41-30-14-2-23(3-15-30)22-37-20-18-28(19-21-37)34-26-8-4-24(5-9-26)32(38)35-27-10-6-25(33)7-11-27/h2-17,28,34,36H,18-22H2,1H3,(H,35,38). The summed E-state index contributed by atoms with van der Waals surface area (Å²) in [6.45, 7) is 2.81. The number of sulfonamides is 1. The van der Waals surface area contributed by atoms with E-state index in [1.54, 1.807) is 36.4 Å². The van der Waals surface area contributed by atoms with E-state index in [-0.39, 0.29) is 11.7 Å². The molecule has 5 rings (SSSR count). The van der Waals surface area contributed by atoms with E-state index in [4.69, 9.17) is 4.74 Å². The van der Waals surface area contributed by atoms with E-state index < -0.39 is 10.0 Å². The number of hydrogen-bond donors (Lipinski definition) is 3. The SMILES string of the molecule is CS(=O)(=O)Nc1ccc(Oc2ccc(CN3CCC(Nc4ccc(C(=O)Nc5ccc(F)cc5)cc4)CC3)cc2)cc1. The summed E-state index contributed by atoms with van der Waals surface area (Å²) in [5, 5.41) is 6.36. The van der Waals surface area contributed by atoms with Crippen molar-refractivity contribution in [1.82, 2.24) is 4.90 Å². The summed E-state index contributed by atoms with van der Waals surface area (Å²) in [4.78, 5) is 14.9. The summed E-state index contributed by atoms with van der Waals surface area (Å²) in [6.07, 6.45) is 3.14.